The molecule has 0 aliphatic carbocycles. The lowest BCUT2D eigenvalue weighted by molar-refractivity contribution is 0.346. The first-order valence-corrected chi connectivity index (χ1v) is 11.2. The van der Waals surface area contributed by atoms with Gasteiger partial charge >= 0.3 is 0 Å². The van der Waals surface area contributed by atoms with Crippen molar-refractivity contribution in [3.8, 4) is 11.4 Å². The molecule has 1 fully saturated rings. The molecule has 8 nitrogen and oxygen atoms in total. The van der Waals surface area contributed by atoms with Crippen molar-refractivity contribution in [1.29, 1.82) is 0 Å². The van der Waals surface area contributed by atoms with Crippen molar-refractivity contribution < 1.29 is 12.9 Å². The number of benzene rings is 1. The molecule has 29 heavy (non-hydrogen) atoms. The van der Waals surface area contributed by atoms with E-state index in [0.29, 0.717) is 36.2 Å². The molecule has 3 aromatic rings. The van der Waals surface area contributed by atoms with Crippen LogP contribution in [0.4, 0.5) is 0 Å². The van der Waals surface area contributed by atoms with Crippen LogP contribution in [-0.4, -0.2) is 45.7 Å². The monoisotopic (exact) mass is 415 g/mol. The minimum Gasteiger partial charge on any atom is -0.337 e. The number of nitrogens with zero attached hydrogens (tertiary/aromatic N) is 5. The topological polar surface area (TPSA) is 94.1 Å². The molecular weight excluding hydrogens is 390 g/mol. The Bertz CT molecular complexity index is 1130. The zero-order chi connectivity index (χ0) is 20.6. The summed E-state index contributed by atoms with van der Waals surface area (Å²) in [5.41, 5.74) is 3.07. The van der Waals surface area contributed by atoms with Gasteiger partial charge in [0.25, 0.3) is 0 Å². The summed E-state index contributed by atoms with van der Waals surface area (Å²) in [6.45, 7) is 6.86. The second-order valence-corrected chi connectivity index (χ2v) is 9.38. The van der Waals surface area contributed by atoms with E-state index in [-0.39, 0.29) is 11.4 Å². The van der Waals surface area contributed by atoms with Gasteiger partial charge in [-0.05, 0) is 39.7 Å². The van der Waals surface area contributed by atoms with Gasteiger partial charge in [0, 0.05) is 18.7 Å². The molecule has 1 aromatic carbocycles. The number of hydrogen-bond donors (Lipinski definition) is 0. The molecular formula is C20H25N5O3S. The Balaban J connectivity index is 1.60. The van der Waals surface area contributed by atoms with Crippen LogP contribution in [-0.2, 0) is 16.6 Å². The molecule has 0 saturated carbocycles. The van der Waals surface area contributed by atoms with Crippen molar-refractivity contribution in [3.63, 3.8) is 0 Å². The van der Waals surface area contributed by atoms with Gasteiger partial charge in [0.2, 0.25) is 21.7 Å². The molecule has 9 heteroatoms. The third-order valence-electron chi connectivity index (χ3n) is 5.26. The Morgan fingerprint density at radius 3 is 2.59 bits per heavy atom. The molecule has 0 radical (unpaired) electrons. The van der Waals surface area contributed by atoms with E-state index in [9.17, 15) is 8.42 Å². The fraction of sp³-hybridized carbons (Fsp3) is 0.450. The second kappa shape index (κ2) is 7.72. The summed E-state index contributed by atoms with van der Waals surface area (Å²) in [4.78, 5) is 4.74. The van der Waals surface area contributed by atoms with E-state index in [4.69, 9.17) is 4.52 Å². The summed E-state index contributed by atoms with van der Waals surface area (Å²) in [5.74, 6) is 0.889. The maximum Gasteiger partial charge on any atom is 0.248 e. The predicted molar refractivity (Wildman–Crippen MR) is 108 cm³/mol. The van der Waals surface area contributed by atoms with Crippen LogP contribution in [0.3, 0.4) is 0 Å². The fourth-order valence-corrected chi connectivity index (χ4v) is 5.68. The maximum atomic E-state index is 13.1. The van der Waals surface area contributed by atoms with Gasteiger partial charge < -0.3 is 4.52 Å². The Hall–Kier alpha value is -2.52. The third-order valence-corrected chi connectivity index (χ3v) is 7.41. The molecule has 4 rings (SSSR count). The first-order chi connectivity index (χ1) is 13.9. The second-order valence-electron chi connectivity index (χ2n) is 7.50. The number of aromatic nitrogens is 4. The Labute approximate surface area is 170 Å². The van der Waals surface area contributed by atoms with Crippen LogP contribution in [0.15, 0.2) is 33.7 Å². The van der Waals surface area contributed by atoms with Crippen molar-refractivity contribution in [2.45, 2.75) is 51.5 Å². The van der Waals surface area contributed by atoms with Gasteiger partial charge in [-0.2, -0.15) is 14.4 Å². The summed E-state index contributed by atoms with van der Waals surface area (Å²) in [5, 5.41) is 8.50. The number of sulfonamides is 1. The van der Waals surface area contributed by atoms with E-state index in [0.717, 1.165) is 30.4 Å². The van der Waals surface area contributed by atoms with Crippen LogP contribution >= 0.6 is 0 Å². The highest BCUT2D eigenvalue weighted by Crippen LogP contribution is 2.26. The summed E-state index contributed by atoms with van der Waals surface area (Å²) < 4.78 is 34.9. The average molecular weight is 416 g/mol. The largest absolute Gasteiger partial charge is 0.337 e. The molecule has 1 aliphatic heterocycles. The highest BCUT2D eigenvalue weighted by atomic mass is 32.2. The van der Waals surface area contributed by atoms with Crippen LogP contribution < -0.4 is 0 Å². The Morgan fingerprint density at radius 2 is 1.86 bits per heavy atom. The lowest BCUT2D eigenvalue weighted by Crippen LogP contribution is -2.36. The number of aryl methyl sites for hydroxylation is 2. The summed E-state index contributed by atoms with van der Waals surface area (Å²) in [6.07, 6.45) is 2.87. The number of hydrogen-bond acceptors (Lipinski definition) is 6. The zero-order valence-electron chi connectivity index (χ0n) is 16.9. The van der Waals surface area contributed by atoms with Crippen LogP contribution in [0.1, 0.15) is 42.1 Å². The van der Waals surface area contributed by atoms with Crippen molar-refractivity contribution in [2.75, 3.05) is 13.1 Å². The first-order valence-electron chi connectivity index (χ1n) is 9.80. The van der Waals surface area contributed by atoms with E-state index in [2.05, 4.69) is 15.2 Å². The van der Waals surface area contributed by atoms with Gasteiger partial charge in [-0.3, -0.25) is 4.68 Å². The van der Waals surface area contributed by atoms with Gasteiger partial charge in [0.15, 0.2) is 0 Å². The van der Waals surface area contributed by atoms with E-state index in [1.165, 1.54) is 0 Å². The smallest absolute Gasteiger partial charge is 0.248 e. The number of rotatable bonds is 5. The Kier molecular flexibility index (Phi) is 5.26. The third kappa shape index (κ3) is 3.84. The summed E-state index contributed by atoms with van der Waals surface area (Å²) in [7, 11) is -3.55. The van der Waals surface area contributed by atoms with Crippen LogP contribution in [0, 0.1) is 20.8 Å². The van der Waals surface area contributed by atoms with Crippen LogP contribution in [0.2, 0.25) is 0 Å². The highest BCUT2D eigenvalue weighted by molar-refractivity contribution is 7.89. The van der Waals surface area contributed by atoms with Crippen molar-refractivity contribution in [2.24, 2.45) is 0 Å². The van der Waals surface area contributed by atoms with Gasteiger partial charge in [0.1, 0.15) is 11.4 Å². The van der Waals surface area contributed by atoms with E-state index in [1.807, 2.05) is 31.2 Å². The van der Waals surface area contributed by atoms with Gasteiger partial charge in [-0.15, -0.1) is 0 Å². The number of piperidine rings is 1. The van der Waals surface area contributed by atoms with E-state index >= 15 is 0 Å². The normalized spacial score (nSPS) is 15.7. The highest BCUT2D eigenvalue weighted by Gasteiger charge is 2.32. The molecule has 0 amide bonds. The fourth-order valence-electron chi connectivity index (χ4n) is 3.79. The maximum absolute atomic E-state index is 13.1. The summed E-state index contributed by atoms with van der Waals surface area (Å²) >= 11 is 0. The average Bonchev–Trinajstić information content (AvgIpc) is 3.27. The lowest BCUT2D eigenvalue weighted by Gasteiger charge is -2.25. The molecule has 0 N–H and O–H groups in total. The van der Waals surface area contributed by atoms with E-state index in [1.54, 1.807) is 22.8 Å². The van der Waals surface area contributed by atoms with Crippen molar-refractivity contribution in [3.05, 3.63) is 47.1 Å². The van der Waals surface area contributed by atoms with Crippen LogP contribution in [0.5, 0.6) is 0 Å². The first kappa shape index (κ1) is 19.8. The molecule has 1 saturated heterocycles. The minimum atomic E-state index is -3.55. The molecule has 2 aromatic heterocycles. The van der Waals surface area contributed by atoms with E-state index < -0.39 is 10.0 Å². The van der Waals surface area contributed by atoms with Gasteiger partial charge in [0.05, 0.1) is 11.4 Å². The molecule has 0 unspecified atom stereocenters. The quantitative estimate of drug-likeness (QED) is 0.636. The SMILES string of the molecule is Cc1cccc(-c2noc(Cn3nc(C)c(S(=O)(=O)N4CCCCC4)c3C)n2)c1. The van der Waals surface area contributed by atoms with Gasteiger partial charge in [-0.25, -0.2) is 8.42 Å². The minimum absolute atomic E-state index is 0.223. The van der Waals surface area contributed by atoms with Crippen molar-refractivity contribution in [1.82, 2.24) is 24.2 Å². The predicted octanol–water partition coefficient (Wildman–Crippen LogP) is 3.08. The molecule has 0 bridgehead atoms. The molecule has 3 heterocycles. The molecule has 154 valence electrons. The molecule has 1 aliphatic rings. The summed E-state index contributed by atoms with van der Waals surface area (Å²) in [6, 6.07) is 7.86. The van der Waals surface area contributed by atoms with Crippen LogP contribution in [0.25, 0.3) is 11.4 Å². The molecule has 0 atom stereocenters. The Morgan fingerprint density at radius 1 is 1.10 bits per heavy atom. The zero-order valence-corrected chi connectivity index (χ0v) is 17.7. The standard InChI is InChI=1S/C20H25N5O3S/c1-14-8-7-9-17(12-14)20-21-18(28-23-20)13-25-16(3)19(15(2)22-25)29(26,27)24-10-5-4-6-11-24/h7-9,12H,4-6,10-11,13H2,1-3H3. The molecule has 0 spiro atoms. The lowest BCUT2D eigenvalue weighted by atomic mass is 10.1. The van der Waals surface area contributed by atoms with Crippen molar-refractivity contribution >= 4 is 10.0 Å². The van der Waals surface area contributed by atoms with Gasteiger partial charge in [-0.1, -0.05) is 35.3 Å².